The molecule has 2 N–H and O–H groups in total. The molecule has 5 nitrogen and oxygen atoms in total. The third-order valence-corrected chi connectivity index (χ3v) is 3.89. The molecule has 0 fully saturated rings. The number of aliphatic hydroxyl groups is 1. The van der Waals surface area contributed by atoms with Crippen LogP contribution < -0.4 is 10.1 Å². The molecular weight excluding hydrogens is 306 g/mol. The molecule has 0 aliphatic rings. The lowest BCUT2D eigenvalue weighted by Crippen LogP contribution is -2.34. The highest BCUT2D eigenvalue weighted by atomic mass is 16.5. The Morgan fingerprint density at radius 3 is 2.75 bits per heavy atom. The van der Waals surface area contributed by atoms with E-state index >= 15 is 0 Å². The summed E-state index contributed by atoms with van der Waals surface area (Å²) in [6.07, 6.45) is 1.29. The predicted octanol–water partition coefficient (Wildman–Crippen LogP) is 3.37. The third-order valence-electron chi connectivity index (χ3n) is 3.89. The van der Waals surface area contributed by atoms with E-state index in [4.69, 9.17) is 14.3 Å². The molecular formula is C19H25NO4. The average molecular weight is 331 g/mol. The SMILES string of the molecule is CCC(CCO)NC(=O)c1ccc(COc2ccc(C)cc2C)o1. The second-order valence-corrected chi connectivity index (χ2v) is 5.91. The number of hydrogen-bond donors (Lipinski definition) is 2. The Morgan fingerprint density at radius 2 is 2.08 bits per heavy atom. The van der Waals surface area contributed by atoms with E-state index in [1.165, 1.54) is 5.56 Å². The molecule has 0 spiro atoms. The summed E-state index contributed by atoms with van der Waals surface area (Å²) in [5, 5.41) is 11.8. The third kappa shape index (κ3) is 4.86. The Morgan fingerprint density at radius 1 is 1.29 bits per heavy atom. The monoisotopic (exact) mass is 331 g/mol. The van der Waals surface area contributed by atoms with Crippen molar-refractivity contribution in [2.24, 2.45) is 0 Å². The fraction of sp³-hybridized carbons (Fsp3) is 0.421. The fourth-order valence-corrected chi connectivity index (χ4v) is 2.48. The predicted molar refractivity (Wildman–Crippen MR) is 92.2 cm³/mol. The van der Waals surface area contributed by atoms with Crippen molar-refractivity contribution in [3.63, 3.8) is 0 Å². The van der Waals surface area contributed by atoms with Gasteiger partial charge in [0.1, 0.15) is 18.1 Å². The molecule has 1 unspecified atom stereocenters. The van der Waals surface area contributed by atoms with E-state index in [2.05, 4.69) is 11.4 Å². The standard InChI is InChI=1S/C19H25NO4/c1-4-15(9-10-21)20-19(22)18-8-6-16(24-18)12-23-17-7-5-13(2)11-14(17)3/h5-8,11,15,21H,4,9-10,12H2,1-3H3,(H,20,22). The number of ether oxygens (including phenoxy) is 1. The van der Waals surface area contributed by atoms with Gasteiger partial charge in [0, 0.05) is 12.6 Å². The number of aryl methyl sites for hydroxylation is 2. The van der Waals surface area contributed by atoms with Crippen molar-refractivity contribution >= 4 is 5.91 Å². The Kier molecular flexibility index (Phi) is 6.44. The van der Waals surface area contributed by atoms with Gasteiger partial charge < -0.3 is 19.6 Å². The maximum absolute atomic E-state index is 12.1. The Hall–Kier alpha value is -2.27. The van der Waals surface area contributed by atoms with Gasteiger partial charge in [-0.2, -0.15) is 0 Å². The van der Waals surface area contributed by atoms with E-state index in [9.17, 15) is 4.79 Å². The van der Waals surface area contributed by atoms with Crippen LogP contribution in [0.5, 0.6) is 5.75 Å². The smallest absolute Gasteiger partial charge is 0.287 e. The van der Waals surface area contributed by atoms with Gasteiger partial charge >= 0.3 is 0 Å². The van der Waals surface area contributed by atoms with Gasteiger partial charge in [0.25, 0.3) is 5.91 Å². The lowest BCUT2D eigenvalue weighted by molar-refractivity contribution is 0.0897. The van der Waals surface area contributed by atoms with Crippen LogP contribution in [0.25, 0.3) is 0 Å². The molecule has 1 aromatic heterocycles. The highest BCUT2D eigenvalue weighted by Gasteiger charge is 2.15. The maximum atomic E-state index is 12.1. The van der Waals surface area contributed by atoms with E-state index in [1.54, 1.807) is 12.1 Å². The van der Waals surface area contributed by atoms with Crippen LogP contribution in [0.2, 0.25) is 0 Å². The number of amides is 1. The number of hydrogen-bond acceptors (Lipinski definition) is 4. The molecule has 0 saturated carbocycles. The molecule has 2 aromatic rings. The number of benzene rings is 1. The molecule has 0 bridgehead atoms. The zero-order chi connectivity index (χ0) is 17.5. The van der Waals surface area contributed by atoms with Crippen molar-refractivity contribution < 1.29 is 19.1 Å². The van der Waals surface area contributed by atoms with Gasteiger partial charge in [-0.25, -0.2) is 0 Å². The minimum atomic E-state index is -0.270. The summed E-state index contributed by atoms with van der Waals surface area (Å²) in [6, 6.07) is 9.31. The first kappa shape index (κ1) is 18.1. The van der Waals surface area contributed by atoms with Gasteiger partial charge in [-0.1, -0.05) is 24.6 Å². The van der Waals surface area contributed by atoms with Gasteiger partial charge in [0.2, 0.25) is 0 Å². The Labute approximate surface area is 142 Å². The molecule has 1 heterocycles. The lowest BCUT2D eigenvalue weighted by Gasteiger charge is -2.14. The quantitative estimate of drug-likeness (QED) is 0.778. The second kappa shape index (κ2) is 8.55. The minimum Gasteiger partial charge on any atom is -0.485 e. The van der Waals surface area contributed by atoms with Crippen LogP contribution in [0, 0.1) is 13.8 Å². The van der Waals surface area contributed by atoms with E-state index in [0.29, 0.717) is 12.2 Å². The molecule has 0 saturated heterocycles. The van der Waals surface area contributed by atoms with Crippen LogP contribution in [-0.2, 0) is 6.61 Å². The minimum absolute atomic E-state index is 0.0476. The van der Waals surface area contributed by atoms with Crippen LogP contribution in [0.4, 0.5) is 0 Å². The van der Waals surface area contributed by atoms with Crippen molar-refractivity contribution in [2.45, 2.75) is 46.3 Å². The molecule has 2 rings (SSSR count). The van der Waals surface area contributed by atoms with E-state index < -0.39 is 0 Å². The normalized spacial score (nSPS) is 12.0. The topological polar surface area (TPSA) is 71.7 Å². The summed E-state index contributed by atoms with van der Waals surface area (Å²) in [5.74, 6) is 1.38. The highest BCUT2D eigenvalue weighted by Crippen LogP contribution is 2.20. The van der Waals surface area contributed by atoms with Crippen LogP contribution in [0.15, 0.2) is 34.7 Å². The molecule has 0 aliphatic heterocycles. The molecule has 1 amide bonds. The summed E-state index contributed by atoms with van der Waals surface area (Å²) in [4.78, 5) is 12.1. The number of carbonyl (C=O) groups is 1. The number of aliphatic hydroxyl groups excluding tert-OH is 1. The van der Waals surface area contributed by atoms with Gasteiger partial charge in [-0.05, 0) is 50.5 Å². The zero-order valence-corrected chi connectivity index (χ0v) is 14.5. The molecule has 130 valence electrons. The van der Waals surface area contributed by atoms with Gasteiger partial charge in [0.15, 0.2) is 5.76 Å². The van der Waals surface area contributed by atoms with Crippen LogP contribution in [0.1, 0.15) is 47.2 Å². The Balaban J connectivity index is 1.93. The number of nitrogens with one attached hydrogen (secondary N) is 1. The average Bonchev–Trinajstić information content (AvgIpc) is 3.02. The first-order valence-corrected chi connectivity index (χ1v) is 8.24. The molecule has 24 heavy (non-hydrogen) atoms. The van der Waals surface area contributed by atoms with Crippen molar-refractivity contribution in [3.8, 4) is 5.75 Å². The first-order valence-electron chi connectivity index (χ1n) is 8.24. The highest BCUT2D eigenvalue weighted by molar-refractivity contribution is 5.91. The summed E-state index contributed by atoms with van der Waals surface area (Å²) >= 11 is 0. The van der Waals surface area contributed by atoms with Crippen molar-refractivity contribution in [2.75, 3.05) is 6.61 Å². The summed E-state index contributed by atoms with van der Waals surface area (Å²) < 4.78 is 11.3. The van der Waals surface area contributed by atoms with Crippen LogP contribution in [0.3, 0.4) is 0 Å². The van der Waals surface area contributed by atoms with Gasteiger partial charge in [0.05, 0.1) is 0 Å². The summed E-state index contributed by atoms with van der Waals surface area (Å²) in [6.45, 7) is 6.31. The molecule has 5 heteroatoms. The molecule has 1 aromatic carbocycles. The van der Waals surface area contributed by atoms with Crippen molar-refractivity contribution in [1.82, 2.24) is 5.32 Å². The maximum Gasteiger partial charge on any atom is 0.287 e. The molecule has 1 atom stereocenters. The molecule has 0 radical (unpaired) electrons. The van der Waals surface area contributed by atoms with Crippen LogP contribution in [-0.4, -0.2) is 23.7 Å². The number of carbonyl (C=O) groups excluding carboxylic acids is 1. The van der Waals surface area contributed by atoms with Crippen LogP contribution >= 0.6 is 0 Å². The number of rotatable bonds is 8. The van der Waals surface area contributed by atoms with Crippen molar-refractivity contribution in [1.29, 1.82) is 0 Å². The summed E-state index contributed by atoms with van der Waals surface area (Å²) in [7, 11) is 0. The lowest BCUT2D eigenvalue weighted by atomic mass is 10.1. The zero-order valence-electron chi connectivity index (χ0n) is 14.5. The second-order valence-electron chi connectivity index (χ2n) is 5.91. The van der Waals surface area contributed by atoms with E-state index in [0.717, 1.165) is 17.7 Å². The Bertz CT molecular complexity index is 678. The van der Waals surface area contributed by atoms with Crippen molar-refractivity contribution in [3.05, 3.63) is 53.0 Å². The van der Waals surface area contributed by atoms with E-state index in [-0.39, 0.29) is 30.9 Å². The van der Waals surface area contributed by atoms with Gasteiger partial charge in [-0.15, -0.1) is 0 Å². The number of furan rings is 1. The van der Waals surface area contributed by atoms with Gasteiger partial charge in [-0.3, -0.25) is 4.79 Å². The largest absolute Gasteiger partial charge is 0.485 e. The fourth-order valence-electron chi connectivity index (χ4n) is 2.48. The van der Waals surface area contributed by atoms with E-state index in [1.807, 2.05) is 32.9 Å². The molecule has 0 aliphatic carbocycles. The first-order chi connectivity index (χ1) is 11.5. The summed E-state index contributed by atoms with van der Waals surface area (Å²) in [5.41, 5.74) is 2.25.